The molecule has 0 aliphatic carbocycles. The van der Waals surface area contributed by atoms with Crippen molar-refractivity contribution in [1.29, 1.82) is 0 Å². The molecular weight excluding hydrogens is 550 g/mol. The van der Waals surface area contributed by atoms with E-state index in [0.717, 1.165) is 25.7 Å². The van der Waals surface area contributed by atoms with Gasteiger partial charge in [-0.25, -0.2) is 14.4 Å². The van der Waals surface area contributed by atoms with Crippen molar-refractivity contribution in [3.05, 3.63) is 23.8 Å². The number of ether oxygens (including phenoxy) is 6. The van der Waals surface area contributed by atoms with Gasteiger partial charge < -0.3 is 39.3 Å². The summed E-state index contributed by atoms with van der Waals surface area (Å²) >= 11 is 0. The first-order chi connectivity index (χ1) is 19.8. The second kappa shape index (κ2) is 18.8. The van der Waals surface area contributed by atoms with Crippen LogP contribution < -0.4 is 15.2 Å². The van der Waals surface area contributed by atoms with Gasteiger partial charge in [-0.3, -0.25) is 4.79 Å². The summed E-state index contributed by atoms with van der Waals surface area (Å²) in [5, 5.41) is 9.71. The van der Waals surface area contributed by atoms with Crippen molar-refractivity contribution in [1.82, 2.24) is 0 Å². The van der Waals surface area contributed by atoms with Gasteiger partial charge in [0.2, 0.25) is 0 Å². The Morgan fingerprint density at radius 2 is 1.36 bits per heavy atom. The summed E-state index contributed by atoms with van der Waals surface area (Å²) < 4.78 is 31.2. The third-order valence-corrected chi connectivity index (χ3v) is 6.05. The van der Waals surface area contributed by atoms with Gasteiger partial charge in [0.1, 0.15) is 6.04 Å². The number of unbranched alkanes of at least 4 members (excludes halogenated alkanes) is 4. The standard InChI is InChI=1S/C30H47NO11/c1-7-9-11-15-37-28(35)41-22-14-13-21(17-23(22)42-29(36)38-16-12-10-8-2)24(25(31)26(32)33)20(3)18-39-27(34)40-19-30(4,5)6/h13-14,17,20,24-25H,7-12,15-16,18-19,31H2,1-6H3,(H,32,33)/t20?,24?,25-/m0/s1. The van der Waals surface area contributed by atoms with E-state index in [9.17, 15) is 24.3 Å². The Morgan fingerprint density at radius 1 is 0.810 bits per heavy atom. The number of hydrogen-bond acceptors (Lipinski definition) is 11. The minimum Gasteiger partial charge on any atom is -0.480 e. The number of benzene rings is 1. The third kappa shape index (κ3) is 14.4. The predicted octanol–water partition coefficient (Wildman–Crippen LogP) is 6.43. The molecule has 1 rings (SSSR count). The average Bonchev–Trinajstić information content (AvgIpc) is 2.92. The zero-order valence-corrected chi connectivity index (χ0v) is 25.6. The maximum atomic E-state index is 12.4. The molecule has 0 saturated carbocycles. The second-order valence-corrected chi connectivity index (χ2v) is 11.3. The Morgan fingerprint density at radius 3 is 1.86 bits per heavy atom. The van der Waals surface area contributed by atoms with Crippen LogP contribution in [0.25, 0.3) is 0 Å². The smallest absolute Gasteiger partial charge is 0.480 e. The van der Waals surface area contributed by atoms with Crippen molar-refractivity contribution in [2.24, 2.45) is 17.1 Å². The van der Waals surface area contributed by atoms with Gasteiger partial charge in [0.15, 0.2) is 11.5 Å². The van der Waals surface area contributed by atoms with Gasteiger partial charge in [-0.1, -0.05) is 73.3 Å². The normalized spacial score (nSPS) is 13.3. The molecule has 0 amide bonds. The van der Waals surface area contributed by atoms with E-state index in [1.165, 1.54) is 18.2 Å². The average molecular weight is 598 g/mol. The molecule has 0 radical (unpaired) electrons. The number of nitrogens with two attached hydrogens (primary N) is 1. The summed E-state index contributed by atoms with van der Waals surface area (Å²) in [7, 11) is 0. The van der Waals surface area contributed by atoms with Gasteiger partial charge in [0.25, 0.3) is 0 Å². The SMILES string of the molecule is CCCCCOC(=O)Oc1ccc(C(C(C)COC(=O)OCC(C)(C)C)[C@H](N)C(=O)O)cc1OC(=O)OCCCCC. The van der Waals surface area contributed by atoms with Gasteiger partial charge in [-0.2, -0.15) is 0 Å². The highest BCUT2D eigenvalue weighted by Crippen LogP contribution is 2.36. The second-order valence-electron chi connectivity index (χ2n) is 11.3. The van der Waals surface area contributed by atoms with Crippen molar-refractivity contribution in [3.8, 4) is 11.5 Å². The lowest BCUT2D eigenvalue weighted by molar-refractivity contribution is -0.139. The molecule has 0 aliphatic heterocycles. The van der Waals surface area contributed by atoms with E-state index in [4.69, 9.17) is 34.2 Å². The lowest BCUT2D eigenvalue weighted by atomic mass is 9.82. The lowest BCUT2D eigenvalue weighted by Gasteiger charge is -2.28. The van der Waals surface area contributed by atoms with Crippen LogP contribution in [0.2, 0.25) is 0 Å². The number of rotatable bonds is 17. The number of carboxylic acid groups (broad SMARTS) is 1. The summed E-state index contributed by atoms with van der Waals surface area (Å²) in [6.45, 7) is 11.6. The van der Waals surface area contributed by atoms with Crippen molar-refractivity contribution >= 4 is 24.4 Å². The van der Waals surface area contributed by atoms with Gasteiger partial charge >= 0.3 is 24.4 Å². The molecule has 0 aromatic heterocycles. The van der Waals surface area contributed by atoms with E-state index in [1.807, 2.05) is 34.6 Å². The molecule has 12 heteroatoms. The van der Waals surface area contributed by atoms with Crippen molar-refractivity contribution in [3.63, 3.8) is 0 Å². The first-order valence-corrected chi connectivity index (χ1v) is 14.4. The molecule has 0 fully saturated rings. The number of carbonyl (C=O) groups is 4. The van der Waals surface area contributed by atoms with Crippen LogP contribution >= 0.6 is 0 Å². The summed E-state index contributed by atoms with van der Waals surface area (Å²) in [5.41, 5.74) is 6.12. The molecule has 2 unspecified atom stereocenters. The first kappa shape index (κ1) is 36.5. The molecule has 3 N–H and O–H groups in total. The molecule has 1 aromatic carbocycles. The van der Waals surface area contributed by atoms with Crippen LogP contribution in [0.15, 0.2) is 18.2 Å². The van der Waals surface area contributed by atoms with Gasteiger partial charge in [-0.15, -0.1) is 0 Å². The van der Waals surface area contributed by atoms with E-state index < -0.39 is 42.3 Å². The van der Waals surface area contributed by atoms with Crippen LogP contribution in [-0.4, -0.2) is 62.0 Å². The first-order valence-electron chi connectivity index (χ1n) is 14.4. The van der Waals surface area contributed by atoms with E-state index >= 15 is 0 Å². The highest BCUT2D eigenvalue weighted by molar-refractivity contribution is 5.75. The highest BCUT2D eigenvalue weighted by Gasteiger charge is 2.33. The highest BCUT2D eigenvalue weighted by atomic mass is 16.7. The quantitative estimate of drug-likeness (QED) is 0.0874. The molecule has 238 valence electrons. The Bertz CT molecular complexity index is 1010. The predicted molar refractivity (Wildman–Crippen MR) is 154 cm³/mol. The molecule has 0 heterocycles. The Labute approximate surface area is 248 Å². The van der Waals surface area contributed by atoms with Crippen LogP contribution in [0.5, 0.6) is 11.5 Å². The maximum Gasteiger partial charge on any atom is 0.513 e. The molecule has 3 atom stereocenters. The van der Waals surface area contributed by atoms with Crippen molar-refractivity contribution < 1.29 is 52.7 Å². The Kier molecular flexibility index (Phi) is 16.3. The largest absolute Gasteiger partial charge is 0.513 e. The van der Waals surface area contributed by atoms with Crippen LogP contribution in [-0.2, 0) is 23.7 Å². The minimum atomic E-state index is -1.42. The Balaban J connectivity index is 3.21. The van der Waals surface area contributed by atoms with Crippen molar-refractivity contribution in [2.75, 3.05) is 26.4 Å². The van der Waals surface area contributed by atoms with E-state index in [2.05, 4.69) is 0 Å². The van der Waals surface area contributed by atoms with Crippen LogP contribution in [0.3, 0.4) is 0 Å². The summed E-state index contributed by atoms with van der Waals surface area (Å²) in [4.78, 5) is 48.7. The Hall–Kier alpha value is -3.54. The summed E-state index contributed by atoms with van der Waals surface area (Å²) in [6, 6.07) is 2.75. The zero-order valence-electron chi connectivity index (χ0n) is 25.6. The zero-order chi connectivity index (χ0) is 31.7. The van der Waals surface area contributed by atoms with Crippen LogP contribution in [0, 0.1) is 11.3 Å². The van der Waals surface area contributed by atoms with Crippen molar-refractivity contribution in [2.45, 2.75) is 92.0 Å². The molecular formula is C30H47NO11. The van der Waals surface area contributed by atoms with Crippen LogP contribution in [0.1, 0.15) is 91.5 Å². The number of aliphatic carboxylic acids is 1. The maximum absolute atomic E-state index is 12.4. The molecule has 1 aromatic rings. The summed E-state index contributed by atoms with van der Waals surface area (Å²) in [5.74, 6) is -3.14. The topological polar surface area (TPSA) is 170 Å². The van der Waals surface area contributed by atoms with Gasteiger partial charge in [0, 0.05) is 5.92 Å². The minimum absolute atomic E-state index is 0.133. The van der Waals surface area contributed by atoms with E-state index in [1.54, 1.807) is 6.92 Å². The molecule has 0 spiro atoms. The fourth-order valence-electron chi connectivity index (χ4n) is 3.81. The fraction of sp³-hybridized carbons (Fsp3) is 0.667. The van der Waals surface area contributed by atoms with Gasteiger partial charge in [0.05, 0.1) is 26.4 Å². The number of hydrogen-bond donors (Lipinski definition) is 2. The molecule has 12 nitrogen and oxygen atoms in total. The number of carbonyl (C=O) groups excluding carboxylic acids is 3. The number of carboxylic acids is 1. The molecule has 42 heavy (non-hydrogen) atoms. The lowest BCUT2D eigenvalue weighted by Crippen LogP contribution is -2.40. The molecule has 0 bridgehead atoms. The molecule has 0 aliphatic rings. The van der Waals surface area contributed by atoms with E-state index in [-0.39, 0.29) is 43.3 Å². The third-order valence-electron chi connectivity index (χ3n) is 6.05. The molecule has 0 saturated heterocycles. The monoisotopic (exact) mass is 597 g/mol. The summed E-state index contributed by atoms with van der Waals surface area (Å²) in [6.07, 6.45) is 2.01. The van der Waals surface area contributed by atoms with Gasteiger partial charge in [-0.05, 0) is 41.9 Å². The fourth-order valence-corrected chi connectivity index (χ4v) is 3.81. The van der Waals surface area contributed by atoms with Crippen LogP contribution in [0.4, 0.5) is 14.4 Å². The van der Waals surface area contributed by atoms with E-state index in [0.29, 0.717) is 18.4 Å².